The molecule has 0 aromatic rings. The zero-order chi connectivity index (χ0) is 19.5. The average molecular weight is 377 g/mol. The van der Waals surface area contributed by atoms with E-state index in [1.54, 1.807) is 0 Å². The van der Waals surface area contributed by atoms with Crippen molar-refractivity contribution in [2.24, 2.45) is 22.0 Å². The minimum atomic E-state index is -0.0245. The smallest absolute Gasteiger partial charge is 0.240 e. The molecule has 0 aliphatic heterocycles. The van der Waals surface area contributed by atoms with Gasteiger partial charge in [0.15, 0.2) is 0 Å². The molecule has 152 valence electrons. The van der Waals surface area contributed by atoms with Crippen molar-refractivity contribution >= 4 is 23.2 Å². The Kier molecular flexibility index (Phi) is 9.50. The second kappa shape index (κ2) is 11.9. The third kappa shape index (κ3) is 9.16. The lowest BCUT2D eigenvalue weighted by atomic mass is 9.90. The summed E-state index contributed by atoms with van der Waals surface area (Å²) in [4.78, 5) is 23.7. The average Bonchev–Trinajstić information content (AvgIpc) is 2.67. The van der Waals surface area contributed by atoms with Crippen LogP contribution in [0.1, 0.15) is 97.3 Å². The first kappa shape index (κ1) is 21.6. The number of unbranched alkanes of at least 4 members (excludes halogenated alkanes) is 2. The molecule has 2 fully saturated rings. The standard InChI is InChI=1S/C21H36N4O2/c1-16-8-12-18(13-9-16)22-24-20(26)6-4-3-5-7-21(27)25-23-19-14-10-17(2)11-15-19/h16-17H,3-15H2,1-2H3,(H,24,26)(H,25,27). The molecule has 0 spiro atoms. The van der Waals surface area contributed by atoms with Gasteiger partial charge in [0.2, 0.25) is 11.8 Å². The first-order chi connectivity index (χ1) is 13.0. The van der Waals surface area contributed by atoms with Gasteiger partial charge in [-0.05, 0) is 76.0 Å². The fourth-order valence-electron chi connectivity index (χ4n) is 3.56. The van der Waals surface area contributed by atoms with Crippen LogP contribution in [0.2, 0.25) is 0 Å². The molecule has 6 nitrogen and oxygen atoms in total. The van der Waals surface area contributed by atoms with Crippen LogP contribution in [0.5, 0.6) is 0 Å². The van der Waals surface area contributed by atoms with E-state index < -0.39 is 0 Å². The highest BCUT2D eigenvalue weighted by Gasteiger charge is 2.14. The third-order valence-corrected chi connectivity index (χ3v) is 5.69. The zero-order valence-corrected chi connectivity index (χ0v) is 17.1. The van der Waals surface area contributed by atoms with Gasteiger partial charge in [0.1, 0.15) is 0 Å². The normalized spacial score (nSPS) is 22.9. The monoisotopic (exact) mass is 376 g/mol. The van der Waals surface area contributed by atoms with E-state index in [0.29, 0.717) is 12.8 Å². The SMILES string of the molecule is CC1CCC(=NNC(=O)CCCCCC(=O)NN=C2CCC(C)CC2)CC1. The van der Waals surface area contributed by atoms with Crippen molar-refractivity contribution in [1.82, 2.24) is 10.9 Å². The topological polar surface area (TPSA) is 82.9 Å². The molecule has 27 heavy (non-hydrogen) atoms. The van der Waals surface area contributed by atoms with Gasteiger partial charge in [-0.15, -0.1) is 0 Å². The summed E-state index contributed by atoms with van der Waals surface area (Å²) in [6.07, 6.45) is 12.0. The molecular weight excluding hydrogens is 340 g/mol. The van der Waals surface area contributed by atoms with Gasteiger partial charge >= 0.3 is 0 Å². The molecule has 0 atom stereocenters. The zero-order valence-electron chi connectivity index (χ0n) is 17.1. The minimum Gasteiger partial charge on any atom is -0.273 e. The second-order valence-electron chi connectivity index (χ2n) is 8.35. The van der Waals surface area contributed by atoms with E-state index in [4.69, 9.17) is 0 Å². The van der Waals surface area contributed by atoms with Crippen LogP contribution in [0.4, 0.5) is 0 Å². The molecule has 0 heterocycles. The number of hydrogen-bond donors (Lipinski definition) is 2. The lowest BCUT2D eigenvalue weighted by Crippen LogP contribution is -2.22. The molecule has 2 N–H and O–H groups in total. The summed E-state index contributed by atoms with van der Waals surface area (Å²) >= 11 is 0. The highest BCUT2D eigenvalue weighted by Crippen LogP contribution is 2.21. The summed E-state index contributed by atoms with van der Waals surface area (Å²) in [6, 6.07) is 0. The van der Waals surface area contributed by atoms with E-state index >= 15 is 0 Å². The van der Waals surface area contributed by atoms with Crippen molar-refractivity contribution in [2.75, 3.05) is 0 Å². The Bertz CT molecular complexity index is 488. The van der Waals surface area contributed by atoms with Crippen LogP contribution >= 0.6 is 0 Å². The van der Waals surface area contributed by atoms with Crippen LogP contribution in [0.15, 0.2) is 10.2 Å². The Morgan fingerprint density at radius 1 is 0.741 bits per heavy atom. The Morgan fingerprint density at radius 2 is 1.11 bits per heavy atom. The number of hydrogen-bond acceptors (Lipinski definition) is 4. The number of carbonyl (C=O) groups is 2. The lowest BCUT2D eigenvalue weighted by molar-refractivity contribution is -0.121. The summed E-state index contributed by atoms with van der Waals surface area (Å²) in [5.74, 6) is 1.50. The molecular formula is C21H36N4O2. The van der Waals surface area contributed by atoms with Gasteiger partial charge in [0, 0.05) is 24.3 Å². The van der Waals surface area contributed by atoms with Gasteiger partial charge in [-0.1, -0.05) is 20.3 Å². The van der Waals surface area contributed by atoms with Crippen LogP contribution in [0, 0.1) is 11.8 Å². The number of hydrazone groups is 2. The highest BCUT2D eigenvalue weighted by molar-refractivity contribution is 5.87. The van der Waals surface area contributed by atoms with Crippen molar-refractivity contribution < 1.29 is 9.59 Å². The van der Waals surface area contributed by atoms with Gasteiger partial charge < -0.3 is 0 Å². The second-order valence-corrected chi connectivity index (χ2v) is 8.35. The maximum absolute atomic E-state index is 11.8. The van der Waals surface area contributed by atoms with Crippen molar-refractivity contribution in [3.63, 3.8) is 0 Å². The first-order valence-corrected chi connectivity index (χ1v) is 10.7. The summed E-state index contributed by atoms with van der Waals surface area (Å²) < 4.78 is 0. The maximum Gasteiger partial charge on any atom is 0.240 e. The van der Waals surface area contributed by atoms with Crippen molar-refractivity contribution in [1.29, 1.82) is 0 Å². The van der Waals surface area contributed by atoms with E-state index in [2.05, 4.69) is 34.9 Å². The van der Waals surface area contributed by atoms with Crippen molar-refractivity contribution in [2.45, 2.75) is 97.3 Å². The quantitative estimate of drug-likeness (QED) is 0.489. The lowest BCUT2D eigenvalue weighted by Gasteiger charge is -2.18. The van der Waals surface area contributed by atoms with E-state index in [1.807, 2.05) is 0 Å². The Balaban J connectivity index is 1.49. The molecule has 6 heteroatoms. The summed E-state index contributed by atoms with van der Waals surface area (Å²) in [5.41, 5.74) is 7.59. The van der Waals surface area contributed by atoms with Crippen LogP contribution in [-0.4, -0.2) is 23.2 Å². The number of amides is 2. The molecule has 0 aromatic heterocycles. The number of nitrogens with one attached hydrogen (secondary N) is 2. The molecule has 2 aliphatic carbocycles. The van der Waals surface area contributed by atoms with E-state index in [0.717, 1.165) is 68.2 Å². The molecule has 2 rings (SSSR count). The summed E-state index contributed by atoms with van der Waals surface area (Å²) in [7, 11) is 0. The van der Waals surface area contributed by atoms with Crippen LogP contribution in [-0.2, 0) is 9.59 Å². The maximum atomic E-state index is 11.8. The van der Waals surface area contributed by atoms with Gasteiger partial charge in [-0.2, -0.15) is 10.2 Å². The minimum absolute atomic E-state index is 0.0245. The highest BCUT2D eigenvalue weighted by atomic mass is 16.2. The van der Waals surface area contributed by atoms with E-state index in [9.17, 15) is 9.59 Å². The third-order valence-electron chi connectivity index (χ3n) is 5.69. The van der Waals surface area contributed by atoms with Crippen molar-refractivity contribution in [3.05, 3.63) is 0 Å². The fourth-order valence-corrected chi connectivity index (χ4v) is 3.56. The Labute approximate surface area is 163 Å². The predicted octanol–water partition coefficient (Wildman–Crippen LogP) is 4.30. The number of rotatable bonds is 8. The van der Waals surface area contributed by atoms with Crippen LogP contribution < -0.4 is 10.9 Å². The van der Waals surface area contributed by atoms with Crippen LogP contribution in [0.3, 0.4) is 0 Å². The van der Waals surface area contributed by atoms with E-state index in [-0.39, 0.29) is 11.8 Å². The van der Waals surface area contributed by atoms with Crippen LogP contribution in [0.25, 0.3) is 0 Å². The van der Waals surface area contributed by atoms with Gasteiger partial charge in [0.05, 0.1) is 0 Å². The van der Waals surface area contributed by atoms with Gasteiger partial charge in [-0.3, -0.25) is 9.59 Å². The molecule has 2 amide bonds. The van der Waals surface area contributed by atoms with Gasteiger partial charge in [0.25, 0.3) is 0 Å². The van der Waals surface area contributed by atoms with Crippen molar-refractivity contribution in [3.8, 4) is 0 Å². The molecule has 0 aromatic carbocycles. The molecule has 0 radical (unpaired) electrons. The number of nitrogens with zero attached hydrogens (tertiary/aromatic N) is 2. The summed E-state index contributed by atoms with van der Waals surface area (Å²) in [6.45, 7) is 4.53. The largest absolute Gasteiger partial charge is 0.273 e. The molecule has 0 unspecified atom stereocenters. The summed E-state index contributed by atoms with van der Waals surface area (Å²) in [5, 5.41) is 8.51. The molecule has 0 saturated heterocycles. The molecule has 2 saturated carbocycles. The van der Waals surface area contributed by atoms with E-state index in [1.165, 1.54) is 25.7 Å². The number of carbonyl (C=O) groups excluding carboxylic acids is 2. The van der Waals surface area contributed by atoms with Gasteiger partial charge in [-0.25, -0.2) is 10.9 Å². The fraction of sp³-hybridized carbons (Fsp3) is 0.810. The molecule has 2 aliphatic rings. The first-order valence-electron chi connectivity index (χ1n) is 10.7. The Hall–Kier alpha value is -1.72. The predicted molar refractivity (Wildman–Crippen MR) is 110 cm³/mol. The molecule has 0 bridgehead atoms. The Morgan fingerprint density at radius 3 is 1.48 bits per heavy atom.